The number of nitrogens with one attached hydrogen (secondary N) is 1. The van der Waals surface area contributed by atoms with Crippen LogP contribution in [0.2, 0.25) is 5.02 Å². The van der Waals surface area contributed by atoms with Crippen LogP contribution in [0.15, 0.2) is 30.3 Å². The molecule has 2 saturated heterocycles. The van der Waals surface area contributed by atoms with Crippen LogP contribution in [0.1, 0.15) is 41.6 Å². The van der Waals surface area contributed by atoms with Crippen molar-refractivity contribution in [3.05, 3.63) is 58.1 Å². The van der Waals surface area contributed by atoms with Crippen molar-refractivity contribution in [2.75, 3.05) is 62.6 Å². The first-order valence-electron chi connectivity index (χ1n) is 13.5. The van der Waals surface area contributed by atoms with E-state index in [-0.39, 0.29) is 25.3 Å². The Bertz CT molecular complexity index is 1170. The molecule has 2 aromatic rings. The Kier molecular flexibility index (Phi) is 10.3. The van der Waals surface area contributed by atoms with Gasteiger partial charge in [-0.1, -0.05) is 17.7 Å². The largest absolute Gasteiger partial charge is 0.396 e. The predicted molar refractivity (Wildman–Crippen MR) is 145 cm³/mol. The standard InChI is InChI=1S/C28H34ClF5N4O2/c29-21-2-4-23(24(17-21)38-14-12-36(13-15-38)11-8-28(32,33)34)35-27(40)22-3-1-20(25(30)26(22)31)18-37-9-5-19(6-10-37)7-16-39/h1-4,17,19,39H,5-16,18H2,(H,35,40). The summed E-state index contributed by atoms with van der Waals surface area (Å²) in [6, 6.07) is 7.46. The van der Waals surface area contributed by atoms with E-state index in [1.54, 1.807) is 23.1 Å². The van der Waals surface area contributed by atoms with Crippen molar-refractivity contribution in [2.45, 2.75) is 38.4 Å². The van der Waals surface area contributed by atoms with Gasteiger partial charge in [-0.25, -0.2) is 8.78 Å². The molecule has 4 rings (SSSR count). The lowest BCUT2D eigenvalue weighted by Gasteiger charge is -2.37. The summed E-state index contributed by atoms with van der Waals surface area (Å²) in [4.78, 5) is 18.7. The number of carbonyl (C=O) groups excluding carboxylic acids is 1. The molecule has 0 saturated carbocycles. The minimum Gasteiger partial charge on any atom is -0.396 e. The smallest absolute Gasteiger partial charge is 0.390 e. The molecule has 2 heterocycles. The van der Waals surface area contributed by atoms with E-state index >= 15 is 4.39 Å². The van der Waals surface area contributed by atoms with Gasteiger partial charge in [0.25, 0.3) is 5.91 Å². The van der Waals surface area contributed by atoms with Crippen molar-refractivity contribution in [3.63, 3.8) is 0 Å². The number of halogens is 6. The van der Waals surface area contributed by atoms with Gasteiger partial charge in [-0.2, -0.15) is 13.2 Å². The zero-order valence-electron chi connectivity index (χ0n) is 22.1. The Hall–Kier alpha value is -2.47. The Morgan fingerprint density at radius 3 is 2.33 bits per heavy atom. The molecule has 0 atom stereocenters. The molecule has 6 nitrogen and oxygen atoms in total. The third-order valence-corrected chi connectivity index (χ3v) is 7.91. The molecular weight excluding hydrogens is 555 g/mol. The first-order chi connectivity index (χ1) is 19.0. The number of aliphatic hydroxyl groups excluding tert-OH is 1. The minimum absolute atomic E-state index is 0.0840. The third-order valence-electron chi connectivity index (χ3n) is 7.68. The van der Waals surface area contributed by atoms with Gasteiger partial charge in [0.1, 0.15) is 0 Å². The van der Waals surface area contributed by atoms with E-state index < -0.39 is 35.7 Å². The van der Waals surface area contributed by atoms with Gasteiger partial charge in [-0.05, 0) is 62.5 Å². The number of likely N-dealkylation sites (tertiary alicyclic amines) is 1. The van der Waals surface area contributed by atoms with E-state index in [2.05, 4.69) is 5.32 Å². The van der Waals surface area contributed by atoms with E-state index in [1.807, 2.05) is 9.80 Å². The summed E-state index contributed by atoms with van der Waals surface area (Å²) in [5, 5.41) is 12.2. The maximum Gasteiger partial charge on any atom is 0.390 e. The lowest BCUT2D eigenvalue weighted by atomic mass is 9.93. The predicted octanol–water partition coefficient (Wildman–Crippen LogP) is 5.54. The van der Waals surface area contributed by atoms with E-state index in [0.717, 1.165) is 32.4 Å². The first kappa shape index (κ1) is 30.5. The number of carbonyl (C=O) groups is 1. The first-order valence-corrected chi connectivity index (χ1v) is 13.9. The number of benzene rings is 2. The van der Waals surface area contributed by atoms with Crippen molar-refractivity contribution in [2.24, 2.45) is 5.92 Å². The fraction of sp³-hybridized carbons (Fsp3) is 0.536. The van der Waals surface area contributed by atoms with Crippen LogP contribution in [0.25, 0.3) is 0 Å². The molecule has 0 aromatic heterocycles. The molecule has 0 spiro atoms. The molecule has 2 N–H and O–H groups in total. The van der Waals surface area contributed by atoms with Gasteiger partial charge in [0.15, 0.2) is 11.6 Å². The summed E-state index contributed by atoms with van der Waals surface area (Å²) in [7, 11) is 0. The van der Waals surface area contributed by atoms with Crippen LogP contribution in [0.5, 0.6) is 0 Å². The second-order valence-electron chi connectivity index (χ2n) is 10.4. The Morgan fingerprint density at radius 1 is 0.975 bits per heavy atom. The van der Waals surface area contributed by atoms with Crippen LogP contribution in [-0.2, 0) is 6.54 Å². The van der Waals surface area contributed by atoms with Crippen molar-refractivity contribution in [3.8, 4) is 0 Å². The van der Waals surface area contributed by atoms with Crippen LogP contribution in [0.3, 0.4) is 0 Å². The monoisotopic (exact) mass is 588 g/mol. The minimum atomic E-state index is -4.22. The molecule has 0 bridgehead atoms. The number of rotatable bonds is 9. The van der Waals surface area contributed by atoms with Gasteiger partial charge < -0.3 is 15.3 Å². The van der Waals surface area contributed by atoms with Crippen LogP contribution >= 0.6 is 11.6 Å². The highest BCUT2D eigenvalue weighted by atomic mass is 35.5. The average molecular weight is 589 g/mol. The number of alkyl halides is 3. The Morgan fingerprint density at radius 2 is 1.68 bits per heavy atom. The number of hydrogen-bond donors (Lipinski definition) is 2. The zero-order chi connectivity index (χ0) is 28.9. The highest BCUT2D eigenvalue weighted by Crippen LogP contribution is 2.32. The fourth-order valence-electron chi connectivity index (χ4n) is 5.30. The van der Waals surface area contributed by atoms with Crippen molar-refractivity contribution >= 4 is 28.9 Å². The summed E-state index contributed by atoms with van der Waals surface area (Å²) in [6.07, 6.45) is -2.58. The molecule has 2 aliphatic rings. The van der Waals surface area contributed by atoms with Crippen LogP contribution < -0.4 is 10.2 Å². The Labute approximate surface area is 235 Å². The summed E-state index contributed by atoms with van der Waals surface area (Å²) in [5.41, 5.74) is 0.636. The highest BCUT2D eigenvalue weighted by Gasteiger charge is 2.29. The van der Waals surface area contributed by atoms with Crippen LogP contribution in [-0.4, -0.2) is 79.4 Å². The second-order valence-corrected chi connectivity index (χ2v) is 10.9. The molecule has 0 unspecified atom stereocenters. The van der Waals surface area contributed by atoms with Gasteiger partial charge in [0, 0.05) is 56.5 Å². The van der Waals surface area contributed by atoms with Crippen molar-refractivity contribution < 1.29 is 31.9 Å². The van der Waals surface area contributed by atoms with Gasteiger partial charge in [0.05, 0.1) is 23.4 Å². The SMILES string of the molecule is O=C(Nc1ccc(Cl)cc1N1CCN(CCC(F)(F)F)CC1)c1ccc(CN2CCC(CCO)CC2)c(F)c1F. The lowest BCUT2D eigenvalue weighted by Crippen LogP contribution is -2.47. The number of aliphatic hydroxyl groups is 1. The average Bonchev–Trinajstić information content (AvgIpc) is 2.92. The van der Waals surface area contributed by atoms with Gasteiger partial charge >= 0.3 is 6.18 Å². The lowest BCUT2D eigenvalue weighted by molar-refractivity contribution is -0.138. The normalized spacial score (nSPS) is 17.8. The van der Waals surface area contributed by atoms with Crippen LogP contribution in [0, 0.1) is 17.6 Å². The van der Waals surface area contributed by atoms with Gasteiger partial charge in [0.2, 0.25) is 0 Å². The maximum atomic E-state index is 15.1. The number of piperidine rings is 1. The molecule has 1 amide bonds. The fourth-order valence-corrected chi connectivity index (χ4v) is 5.47. The zero-order valence-corrected chi connectivity index (χ0v) is 22.9. The molecule has 2 fully saturated rings. The quantitative estimate of drug-likeness (QED) is 0.377. The molecule has 220 valence electrons. The molecule has 0 aliphatic carbocycles. The van der Waals surface area contributed by atoms with E-state index in [1.165, 1.54) is 12.1 Å². The molecule has 0 radical (unpaired) electrons. The Balaban J connectivity index is 1.40. The van der Waals surface area contributed by atoms with Crippen LogP contribution in [0.4, 0.5) is 33.3 Å². The van der Waals surface area contributed by atoms with E-state index in [0.29, 0.717) is 48.5 Å². The highest BCUT2D eigenvalue weighted by molar-refractivity contribution is 6.31. The number of piperazine rings is 1. The summed E-state index contributed by atoms with van der Waals surface area (Å²) in [6.45, 7) is 3.37. The third kappa shape index (κ3) is 8.05. The maximum absolute atomic E-state index is 15.1. The second kappa shape index (κ2) is 13.5. The van der Waals surface area contributed by atoms with Gasteiger partial charge in [-0.15, -0.1) is 0 Å². The number of amides is 1. The topological polar surface area (TPSA) is 59.1 Å². The summed E-state index contributed by atoms with van der Waals surface area (Å²) in [5.74, 6) is -2.67. The van der Waals surface area contributed by atoms with Crippen molar-refractivity contribution in [1.29, 1.82) is 0 Å². The summed E-state index contributed by atoms with van der Waals surface area (Å²) < 4.78 is 67.8. The van der Waals surface area contributed by atoms with E-state index in [9.17, 15) is 22.4 Å². The molecular formula is C28H34ClF5N4O2. The summed E-state index contributed by atoms with van der Waals surface area (Å²) >= 11 is 6.19. The van der Waals surface area contributed by atoms with E-state index in [4.69, 9.17) is 16.7 Å². The molecule has 12 heteroatoms. The van der Waals surface area contributed by atoms with Crippen molar-refractivity contribution in [1.82, 2.24) is 9.80 Å². The molecule has 40 heavy (non-hydrogen) atoms. The number of nitrogens with zero attached hydrogens (tertiary/aromatic N) is 3. The number of hydrogen-bond acceptors (Lipinski definition) is 5. The molecule has 2 aliphatic heterocycles. The van der Waals surface area contributed by atoms with Gasteiger partial charge in [-0.3, -0.25) is 14.6 Å². The number of anilines is 2. The molecule has 2 aromatic carbocycles.